The zero-order valence-corrected chi connectivity index (χ0v) is 10.7. The lowest BCUT2D eigenvalue weighted by molar-refractivity contribution is 0.0389. The third kappa shape index (κ3) is 2.68. The minimum Gasteiger partial charge on any atom is -0.381 e. The largest absolute Gasteiger partial charge is 0.381 e. The molecule has 2 atom stereocenters. The lowest BCUT2D eigenvalue weighted by atomic mass is 9.86. The van der Waals surface area contributed by atoms with Gasteiger partial charge in [0, 0.05) is 12.5 Å². The van der Waals surface area contributed by atoms with E-state index in [4.69, 9.17) is 10.6 Å². The maximum Gasteiger partial charge on any atom is 0.0513 e. The molecule has 2 rings (SSSR count). The molecule has 1 saturated heterocycles. The lowest BCUT2D eigenvalue weighted by Crippen LogP contribution is -2.37. The van der Waals surface area contributed by atoms with Crippen molar-refractivity contribution in [1.82, 2.24) is 5.43 Å². The Labute approximate surface area is 103 Å². The van der Waals surface area contributed by atoms with E-state index in [0.29, 0.717) is 5.92 Å². The first kappa shape index (κ1) is 12.6. The highest BCUT2D eigenvalue weighted by Crippen LogP contribution is 2.30. The summed E-state index contributed by atoms with van der Waals surface area (Å²) in [5.74, 6) is 6.23. The van der Waals surface area contributed by atoms with Crippen LogP contribution in [0.1, 0.15) is 35.6 Å². The van der Waals surface area contributed by atoms with Crippen LogP contribution in [0.5, 0.6) is 0 Å². The van der Waals surface area contributed by atoms with Gasteiger partial charge in [0.25, 0.3) is 0 Å². The molecule has 1 fully saturated rings. The summed E-state index contributed by atoms with van der Waals surface area (Å²) in [5, 5.41) is 0. The van der Waals surface area contributed by atoms with Crippen molar-refractivity contribution in [3.05, 3.63) is 34.9 Å². The lowest BCUT2D eigenvalue weighted by Gasteiger charge is -2.31. The Balaban J connectivity index is 2.24. The van der Waals surface area contributed by atoms with Gasteiger partial charge in [0.05, 0.1) is 12.6 Å². The molecular formula is C14H22N2O. The Kier molecular flexibility index (Phi) is 4.15. The molecule has 94 valence electrons. The summed E-state index contributed by atoms with van der Waals surface area (Å²) in [4.78, 5) is 0. The average Bonchev–Trinajstić information content (AvgIpc) is 2.37. The molecule has 3 N–H and O–H groups in total. The van der Waals surface area contributed by atoms with Gasteiger partial charge >= 0.3 is 0 Å². The normalized spacial score (nSPS) is 22.4. The minimum atomic E-state index is 0.204. The van der Waals surface area contributed by atoms with Gasteiger partial charge in [-0.05, 0) is 43.4 Å². The molecule has 0 saturated carbocycles. The summed E-state index contributed by atoms with van der Waals surface area (Å²) in [6.45, 7) is 6.01. The van der Waals surface area contributed by atoms with Gasteiger partial charge in [-0.2, -0.15) is 0 Å². The van der Waals surface area contributed by atoms with E-state index in [1.807, 2.05) is 0 Å². The maximum absolute atomic E-state index is 5.75. The second-order valence-corrected chi connectivity index (χ2v) is 4.91. The fourth-order valence-corrected chi connectivity index (χ4v) is 2.62. The quantitative estimate of drug-likeness (QED) is 0.623. The molecular weight excluding hydrogens is 212 g/mol. The predicted molar refractivity (Wildman–Crippen MR) is 69.5 cm³/mol. The van der Waals surface area contributed by atoms with Crippen molar-refractivity contribution in [2.75, 3.05) is 13.2 Å². The van der Waals surface area contributed by atoms with Crippen LogP contribution in [-0.2, 0) is 4.74 Å². The number of hydrazine groups is 1. The maximum atomic E-state index is 5.75. The summed E-state index contributed by atoms with van der Waals surface area (Å²) < 4.78 is 5.56. The van der Waals surface area contributed by atoms with Crippen LogP contribution in [0.2, 0.25) is 0 Å². The SMILES string of the molecule is Cc1cccc(C(NN)C2CCCOC2)c1C. The van der Waals surface area contributed by atoms with E-state index < -0.39 is 0 Å². The van der Waals surface area contributed by atoms with Gasteiger partial charge < -0.3 is 4.74 Å². The van der Waals surface area contributed by atoms with E-state index in [9.17, 15) is 0 Å². The topological polar surface area (TPSA) is 47.3 Å². The van der Waals surface area contributed by atoms with Gasteiger partial charge in [0.2, 0.25) is 0 Å². The van der Waals surface area contributed by atoms with Crippen LogP contribution in [0.15, 0.2) is 18.2 Å². The van der Waals surface area contributed by atoms with Crippen LogP contribution < -0.4 is 11.3 Å². The zero-order chi connectivity index (χ0) is 12.3. The van der Waals surface area contributed by atoms with E-state index in [0.717, 1.165) is 19.6 Å². The molecule has 0 amide bonds. The molecule has 3 heteroatoms. The molecule has 17 heavy (non-hydrogen) atoms. The van der Waals surface area contributed by atoms with Crippen LogP contribution in [-0.4, -0.2) is 13.2 Å². The zero-order valence-electron chi connectivity index (χ0n) is 10.7. The first-order chi connectivity index (χ1) is 8.24. The highest BCUT2D eigenvalue weighted by molar-refractivity contribution is 5.35. The molecule has 1 aliphatic heterocycles. The van der Waals surface area contributed by atoms with Crippen molar-refractivity contribution in [3.8, 4) is 0 Å². The van der Waals surface area contributed by atoms with E-state index in [1.165, 1.54) is 23.1 Å². The number of nitrogens with two attached hydrogens (primary N) is 1. The summed E-state index contributed by atoms with van der Waals surface area (Å²) >= 11 is 0. The molecule has 1 aromatic carbocycles. The molecule has 1 heterocycles. The Hall–Kier alpha value is -0.900. The second kappa shape index (κ2) is 5.63. The van der Waals surface area contributed by atoms with Crippen LogP contribution in [0.4, 0.5) is 0 Å². The smallest absolute Gasteiger partial charge is 0.0513 e. The standard InChI is InChI=1S/C14H22N2O/c1-10-5-3-7-13(11(10)2)14(16-15)12-6-4-8-17-9-12/h3,5,7,12,14,16H,4,6,8-9,15H2,1-2H3. The summed E-state index contributed by atoms with van der Waals surface area (Å²) in [5.41, 5.74) is 6.94. The Morgan fingerprint density at radius 1 is 1.41 bits per heavy atom. The Morgan fingerprint density at radius 2 is 2.24 bits per heavy atom. The molecule has 0 aromatic heterocycles. The van der Waals surface area contributed by atoms with Crippen LogP contribution in [0.3, 0.4) is 0 Å². The number of hydrogen-bond donors (Lipinski definition) is 2. The van der Waals surface area contributed by atoms with Crippen LogP contribution >= 0.6 is 0 Å². The Morgan fingerprint density at radius 3 is 2.88 bits per heavy atom. The van der Waals surface area contributed by atoms with Crippen molar-refractivity contribution in [2.24, 2.45) is 11.8 Å². The van der Waals surface area contributed by atoms with Gasteiger partial charge in [-0.15, -0.1) is 0 Å². The highest BCUT2D eigenvalue weighted by Gasteiger charge is 2.25. The van der Waals surface area contributed by atoms with Crippen molar-refractivity contribution >= 4 is 0 Å². The third-order valence-corrected chi connectivity index (χ3v) is 3.83. The van der Waals surface area contributed by atoms with E-state index in [-0.39, 0.29) is 6.04 Å². The van der Waals surface area contributed by atoms with E-state index in [2.05, 4.69) is 37.5 Å². The summed E-state index contributed by atoms with van der Waals surface area (Å²) in [6, 6.07) is 6.62. The molecule has 1 aromatic rings. The Bertz CT molecular complexity index is 372. The van der Waals surface area contributed by atoms with Crippen LogP contribution in [0.25, 0.3) is 0 Å². The average molecular weight is 234 g/mol. The van der Waals surface area contributed by atoms with E-state index >= 15 is 0 Å². The molecule has 3 nitrogen and oxygen atoms in total. The number of rotatable bonds is 3. The van der Waals surface area contributed by atoms with Gasteiger partial charge in [-0.3, -0.25) is 11.3 Å². The third-order valence-electron chi connectivity index (χ3n) is 3.83. The van der Waals surface area contributed by atoms with Crippen LogP contribution in [0, 0.1) is 19.8 Å². The first-order valence-corrected chi connectivity index (χ1v) is 6.34. The number of aryl methyl sites for hydroxylation is 1. The van der Waals surface area contributed by atoms with E-state index in [1.54, 1.807) is 0 Å². The number of benzene rings is 1. The van der Waals surface area contributed by atoms with Crippen molar-refractivity contribution in [1.29, 1.82) is 0 Å². The molecule has 2 unspecified atom stereocenters. The van der Waals surface area contributed by atoms with Gasteiger partial charge in [0.15, 0.2) is 0 Å². The molecule has 0 bridgehead atoms. The molecule has 0 aliphatic carbocycles. The molecule has 0 spiro atoms. The number of hydrogen-bond acceptors (Lipinski definition) is 3. The predicted octanol–water partition coefficient (Wildman–Crippen LogP) is 2.23. The highest BCUT2D eigenvalue weighted by atomic mass is 16.5. The van der Waals surface area contributed by atoms with Crippen molar-refractivity contribution in [2.45, 2.75) is 32.7 Å². The fraction of sp³-hybridized carbons (Fsp3) is 0.571. The van der Waals surface area contributed by atoms with Gasteiger partial charge in [-0.25, -0.2) is 0 Å². The fourth-order valence-electron chi connectivity index (χ4n) is 2.62. The van der Waals surface area contributed by atoms with Crippen molar-refractivity contribution in [3.63, 3.8) is 0 Å². The van der Waals surface area contributed by atoms with Gasteiger partial charge in [0.1, 0.15) is 0 Å². The molecule has 1 aliphatic rings. The minimum absolute atomic E-state index is 0.204. The first-order valence-electron chi connectivity index (χ1n) is 6.34. The monoisotopic (exact) mass is 234 g/mol. The van der Waals surface area contributed by atoms with Crippen molar-refractivity contribution < 1.29 is 4.74 Å². The van der Waals surface area contributed by atoms with Gasteiger partial charge in [-0.1, -0.05) is 18.2 Å². The summed E-state index contributed by atoms with van der Waals surface area (Å²) in [6.07, 6.45) is 2.32. The number of nitrogens with one attached hydrogen (secondary N) is 1. The summed E-state index contributed by atoms with van der Waals surface area (Å²) in [7, 11) is 0. The second-order valence-electron chi connectivity index (χ2n) is 4.91. The number of ether oxygens (including phenoxy) is 1. The molecule has 0 radical (unpaired) electrons.